The van der Waals surface area contributed by atoms with Gasteiger partial charge in [0.15, 0.2) is 0 Å². The number of ether oxygens (including phenoxy) is 1. The lowest BCUT2D eigenvalue weighted by atomic mass is 10.1. The highest BCUT2D eigenvalue weighted by atomic mass is 16.5. The first-order chi connectivity index (χ1) is 8.11. The predicted molar refractivity (Wildman–Crippen MR) is 71.1 cm³/mol. The Morgan fingerprint density at radius 3 is 2.76 bits per heavy atom. The van der Waals surface area contributed by atoms with E-state index in [1.54, 1.807) is 7.11 Å². The van der Waals surface area contributed by atoms with E-state index in [4.69, 9.17) is 10.5 Å². The normalized spacial score (nSPS) is 17.2. The van der Waals surface area contributed by atoms with Crippen LogP contribution in [0.15, 0.2) is 18.2 Å². The van der Waals surface area contributed by atoms with Gasteiger partial charge in [0.1, 0.15) is 5.75 Å². The van der Waals surface area contributed by atoms with Gasteiger partial charge in [0, 0.05) is 23.8 Å². The van der Waals surface area contributed by atoms with Crippen LogP contribution in [0.2, 0.25) is 0 Å². The Morgan fingerprint density at radius 1 is 1.47 bits per heavy atom. The van der Waals surface area contributed by atoms with E-state index in [1.165, 1.54) is 18.4 Å². The molecular weight excluding hydrogens is 212 g/mol. The molecule has 1 atom stereocenters. The van der Waals surface area contributed by atoms with Crippen molar-refractivity contribution >= 4 is 5.69 Å². The van der Waals surface area contributed by atoms with Gasteiger partial charge >= 0.3 is 0 Å². The van der Waals surface area contributed by atoms with Gasteiger partial charge in [-0.15, -0.1) is 0 Å². The summed E-state index contributed by atoms with van der Waals surface area (Å²) in [5.41, 5.74) is 7.80. The zero-order valence-corrected chi connectivity index (χ0v) is 10.9. The van der Waals surface area contributed by atoms with Crippen molar-refractivity contribution < 1.29 is 4.74 Å². The number of nitrogen functional groups attached to an aromatic ring is 1. The lowest BCUT2D eigenvalue weighted by molar-refractivity contribution is 0.223. The van der Waals surface area contributed by atoms with E-state index in [0.717, 1.165) is 23.9 Å². The Bertz CT molecular complexity index is 388. The fourth-order valence-electron chi connectivity index (χ4n) is 2.27. The summed E-state index contributed by atoms with van der Waals surface area (Å²) >= 11 is 0. The molecule has 0 bridgehead atoms. The summed E-state index contributed by atoms with van der Waals surface area (Å²) in [6.07, 6.45) is 2.75. The first-order valence-corrected chi connectivity index (χ1v) is 6.24. The molecule has 2 N–H and O–H groups in total. The van der Waals surface area contributed by atoms with Crippen LogP contribution in [0.5, 0.6) is 5.75 Å². The maximum atomic E-state index is 5.83. The first-order valence-electron chi connectivity index (χ1n) is 6.24. The molecule has 0 heterocycles. The summed E-state index contributed by atoms with van der Waals surface area (Å²) in [6, 6.07) is 6.48. The first kappa shape index (κ1) is 12.2. The molecule has 1 aliphatic rings. The molecule has 0 amide bonds. The Hall–Kier alpha value is -1.22. The van der Waals surface area contributed by atoms with Gasteiger partial charge in [-0.25, -0.2) is 0 Å². The molecule has 1 unspecified atom stereocenters. The highest BCUT2D eigenvalue weighted by Gasteiger charge is 2.30. The number of anilines is 1. The monoisotopic (exact) mass is 234 g/mol. The SMILES string of the molecule is COc1ccc(N)cc1CN(C)C(C)C1CC1. The van der Waals surface area contributed by atoms with E-state index in [1.807, 2.05) is 18.2 Å². The molecule has 3 heteroatoms. The van der Waals surface area contributed by atoms with Crippen molar-refractivity contribution in [3.63, 3.8) is 0 Å². The molecule has 1 saturated carbocycles. The lowest BCUT2D eigenvalue weighted by Gasteiger charge is -2.25. The van der Waals surface area contributed by atoms with Crippen LogP contribution in [-0.2, 0) is 6.54 Å². The van der Waals surface area contributed by atoms with E-state index in [-0.39, 0.29) is 0 Å². The number of methoxy groups -OCH3 is 1. The minimum atomic E-state index is 0.640. The van der Waals surface area contributed by atoms with Crippen LogP contribution >= 0.6 is 0 Å². The number of hydrogen-bond acceptors (Lipinski definition) is 3. The van der Waals surface area contributed by atoms with Crippen molar-refractivity contribution in [1.29, 1.82) is 0 Å². The predicted octanol–water partition coefficient (Wildman–Crippen LogP) is 2.51. The van der Waals surface area contributed by atoms with E-state index in [9.17, 15) is 0 Å². The van der Waals surface area contributed by atoms with Crippen molar-refractivity contribution in [1.82, 2.24) is 4.90 Å². The number of rotatable bonds is 5. The van der Waals surface area contributed by atoms with E-state index < -0.39 is 0 Å². The zero-order valence-electron chi connectivity index (χ0n) is 10.9. The fraction of sp³-hybridized carbons (Fsp3) is 0.571. The third-order valence-electron chi connectivity index (χ3n) is 3.72. The summed E-state index contributed by atoms with van der Waals surface area (Å²) in [5, 5.41) is 0. The van der Waals surface area contributed by atoms with Gasteiger partial charge in [0.25, 0.3) is 0 Å². The Morgan fingerprint density at radius 2 is 2.18 bits per heavy atom. The summed E-state index contributed by atoms with van der Waals surface area (Å²) in [7, 11) is 3.88. The minimum absolute atomic E-state index is 0.640. The molecule has 0 aromatic heterocycles. The summed E-state index contributed by atoms with van der Waals surface area (Å²) < 4.78 is 5.37. The van der Waals surface area contributed by atoms with Crippen LogP contribution in [-0.4, -0.2) is 25.1 Å². The summed E-state index contributed by atoms with van der Waals surface area (Å²) in [4.78, 5) is 2.38. The average Bonchev–Trinajstić information content (AvgIpc) is 3.12. The van der Waals surface area contributed by atoms with Crippen LogP contribution in [0.25, 0.3) is 0 Å². The van der Waals surface area contributed by atoms with Crippen LogP contribution < -0.4 is 10.5 Å². The fourth-order valence-corrected chi connectivity index (χ4v) is 2.27. The second-order valence-electron chi connectivity index (χ2n) is 5.06. The molecule has 94 valence electrons. The summed E-state index contributed by atoms with van der Waals surface area (Å²) in [5.74, 6) is 1.81. The van der Waals surface area contributed by atoms with Gasteiger partial charge in [0.05, 0.1) is 7.11 Å². The highest BCUT2D eigenvalue weighted by Crippen LogP contribution is 2.35. The molecular formula is C14H22N2O. The van der Waals surface area contributed by atoms with Gasteiger partial charge in [-0.1, -0.05) is 0 Å². The van der Waals surface area contributed by atoms with Crippen molar-refractivity contribution in [3.05, 3.63) is 23.8 Å². The van der Waals surface area contributed by atoms with Crippen molar-refractivity contribution in [2.75, 3.05) is 19.9 Å². The highest BCUT2D eigenvalue weighted by molar-refractivity contribution is 5.47. The number of nitrogens with zero attached hydrogens (tertiary/aromatic N) is 1. The number of benzene rings is 1. The molecule has 1 aromatic rings. The van der Waals surface area contributed by atoms with Gasteiger partial charge in [-0.05, 0) is 50.9 Å². The Kier molecular flexibility index (Phi) is 3.57. The smallest absolute Gasteiger partial charge is 0.123 e. The third-order valence-corrected chi connectivity index (χ3v) is 3.72. The van der Waals surface area contributed by atoms with Crippen molar-refractivity contribution in [2.45, 2.75) is 32.4 Å². The maximum absolute atomic E-state index is 5.83. The molecule has 1 fully saturated rings. The Balaban J connectivity index is 2.08. The molecule has 0 radical (unpaired) electrons. The average molecular weight is 234 g/mol. The second kappa shape index (κ2) is 4.96. The van der Waals surface area contributed by atoms with Crippen molar-refractivity contribution in [2.24, 2.45) is 5.92 Å². The van der Waals surface area contributed by atoms with Gasteiger partial charge in [-0.2, -0.15) is 0 Å². The van der Waals surface area contributed by atoms with Crippen molar-refractivity contribution in [3.8, 4) is 5.75 Å². The van der Waals surface area contributed by atoms with E-state index >= 15 is 0 Å². The largest absolute Gasteiger partial charge is 0.496 e. The molecule has 2 rings (SSSR count). The van der Waals surface area contributed by atoms with Gasteiger partial charge in [0.2, 0.25) is 0 Å². The molecule has 0 saturated heterocycles. The van der Waals surface area contributed by atoms with Crippen LogP contribution in [0.4, 0.5) is 5.69 Å². The summed E-state index contributed by atoms with van der Waals surface area (Å²) in [6.45, 7) is 3.20. The second-order valence-corrected chi connectivity index (χ2v) is 5.06. The van der Waals surface area contributed by atoms with Crippen LogP contribution in [0.3, 0.4) is 0 Å². The topological polar surface area (TPSA) is 38.5 Å². The van der Waals surface area contributed by atoms with Crippen LogP contribution in [0.1, 0.15) is 25.3 Å². The standard InChI is InChI=1S/C14H22N2O/c1-10(11-4-5-11)16(2)9-12-8-13(15)6-7-14(12)17-3/h6-8,10-11H,4-5,9,15H2,1-3H3. The number of hydrogen-bond donors (Lipinski definition) is 1. The zero-order chi connectivity index (χ0) is 12.4. The number of nitrogens with two attached hydrogens (primary N) is 1. The molecule has 1 aromatic carbocycles. The lowest BCUT2D eigenvalue weighted by Crippen LogP contribution is -2.30. The van der Waals surface area contributed by atoms with Crippen LogP contribution in [0, 0.1) is 5.92 Å². The van der Waals surface area contributed by atoms with E-state index in [2.05, 4.69) is 18.9 Å². The molecule has 0 aliphatic heterocycles. The third kappa shape index (κ3) is 2.91. The van der Waals surface area contributed by atoms with Gasteiger partial charge in [-0.3, -0.25) is 4.90 Å². The molecule has 0 spiro atoms. The maximum Gasteiger partial charge on any atom is 0.123 e. The molecule has 3 nitrogen and oxygen atoms in total. The molecule has 17 heavy (non-hydrogen) atoms. The quantitative estimate of drug-likeness (QED) is 0.796. The Labute approximate surface area is 104 Å². The van der Waals surface area contributed by atoms with Gasteiger partial charge < -0.3 is 10.5 Å². The molecule has 1 aliphatic carbocycles. The minimum Gasteiger partial charge on any atom is -0.496 e. The van der Waals surface area contributed by atoms with E-state index in [0.29, 0.717) is 6.04 Å².